The average Bonchev–Trinajstić information content (AvgIpc) is 3.21. The molecular formula is C22H36N2O6. The molecule has 0 heterocycles. The molecular weight excluding hydrogens is 388 g/mol. The zero-order valence-electron chi connectivity index (χ0n) is 18.3. The van der Waals surface area contributed by atoms with Crippen LogP contribution >= 0.6 is 0 Å². The number of benzene rings is 1. The third kappa shape index (κ3) is 7.85. The summed E-state index contributed by atoms with van der Waals surface area (Å²) in [5.74, 6) is 1.19. The molecule has 1 saturated carbocycles. The molecule has 1 aromatic carbocycles. The lowest BCUT2D eigenvalue weighted by atomic mass is 9.97. The number of carbonyl (C=O) groups excluding carboxylic acids is 1. The smallest absolute Gasteiger partial charge is 0.223 e. The van der Waals surface area contributed by atoms with E-state index in [1.54, 1.807) is 4.90 Å². The Hall–Kier alpha value is -1.71. The zero-order chi connectivity index (χ0) is 22.1. The molecule has 2 rings (SSSR count). The van der Waals surface area contributed by atoms with Crippen LogP contribution in [-0.4, -0.2) is 63.1 Å². The number of ether oxygens (including phenoxy) is 1. The van der Waals surface area contributed by atoms with Crippen LogP contribution in [0.1, 0.15) is 70.8 Å². The second-order valence-corrected chi connectivity index (χ2v) is 8.85. The van der Waals surface area contributed by atoms with Crippen molar-refractivity contribution in [3.63, 3.8) is 0 Å². The van der Waals surface area contributed by atoms with Crippen molar-refractivity contribution < 1.29 is 29.9 Å². The molecule has 170 valence electrons. The Morgan fingerprint density at radius 3 is 2.50 bits per heavy atom. The van der Waals surface area contributed by atoms with E-state index in [0.717, 1.165) is 5.75 Å². The molecule has 3 N–H and O–H groups in total. The highest BCUT2D eigenvalue weighted by molar-refractivity contribution is 5.77. The van der Waals surface area contributed by atoms with E-state index >= 15 is 0 Å². The molecule has 1 fully saturated rings. The summed E-state index contributed by atoms with van der Waals surface area (Å²) < 4.78 is 5.96. The van der Waals surface area contributed by atoms with Gasteiger partial charge in [-0.05, 0) is 57.6 Å². The number of carbonyl (C=O) groups is 1. The van der Waals surface area contributed by atoms with Gasteiger partial charge in [-0.25, -0.2) is 0 Å². The maximum atomic E-state index is 12.7. The van der Waals surface area contributed by atoms with Crippen LogP contribution in [0, 0.1) is 0 Å². The van der Waals surface area contributed by atoms with Crippen molar-refractivity contribution in [2.75, 3.05) is 19.8 Å². The van der Waals surface area contributed by atoms with Gasteiger partial charge in [-0.3, -0.25) is 20.0 Å². The third-order valence-electron chi connectivity index (χ3n) is 5.39. The summed E-state index contributed by atoms with van der Waals surface area (Å²) in [5, 5.41) is 27.3. The van der Waals surface area contributed by atoms with E-state index in [1.165, 1.54) is 31.2 Å². The molecule has 8 heteroatoms. The molecule has 1 aliphatic carbocycles. The minimum absolute atomic E-state index is 0.000336. The molecule has 0 radical (unpaired) electrons. The maximum absolute atomic E-state index is 12.7. The SMILES string of the molecule is CC(C)(C)N(C[C@H](O)COc1ccccc1C1CCCC1)C(=O)CCCON(O)O. The molecule has 0 saturated heterocycles. The van der Waals surface area contributed by atoms with Crippen LogP contribution in [0.2, 0.25) is 0 Å². The minimum atomic E-state index is -0.827. The summed E-state index contributed by atoms with van der Waals surface area (Å²) in [6.45, 7) is 5.99. The van der Waals surface area contributed by atoms with Gasteiger partial charge >= 0.3 is 0 Å². The third-order valence-corrected chi connectivity index (χ3v) is 5.39. The lowest BCUT2D eigenvalue weighted by Crippen LogP contribution is -2.50. The van der Waals surface area contributed by atoms with E-state index < -0.39 is 11.6 Å². The van der Waals surface area contributed by atoms with Gasteiger partial charge in [-0.15, -0.1) is 0 Å². The number of rotatable bonds is 11. The molecule has 1 atom stereocenters. The Bertz CT molecular complexity index is 655. The highest BCUT2D eigenvalue weighted by Gasteiger charge is 2.28. The van der Waals surface area contributed by atoms with Crippen LogP contribution in [0.4, 0.5) is 0 Å². The van der Waals surface area contributed by atoms with Gasteiger partial charge in [-0.1, -0.05) is 31.0 Å². The Balaban J connectivity index is 1.90. The van der Waals surface area contributed by atoms with E-state index in [4.69, 9.17) is 15.2 Å². The molecule has 30 heavy (non-hydrogen) atoms. The van der Waals surface area contributed by atoms with Crippen LogP contribution in [0.5, 0.6) is 5.75 Å². The average molecular weight is 425 g/mol. The predicted molar refractivity (Wildman–Crippen MR) is 111 cm³/mol. The van der Waals surface area contributed by atoms with Crippen LogP contribution < -0.4 is 4.74 Å². The van der Waals surface area contributed by atoms with E-state index in [0.29, 0.717) is 12.3 Å². The van der Waals surface area contributed by atoms with E-state index in [-0.39, 0.29) is 37.5 Å². The molecule has 8 nitrogen and oxygen atoms in total. The van der Waals surface area contributed by atoms with Crippen molar-refractivity contribution in [2.24, 2.45) is 0 Å². The second-order valence-electron chi connectivity index (χ2n) is 8.85. The van der Waals surface area contributed by atoms with E-state index in [9.17, 15) is 9.90 Å². The first-order chi connectivity index (χ1) is 14.2. The topological polar surface area (TPSA) is 103 Å². The number of para-hydroxylation sites is 1. The van der Waals surface area contributed by atoms with Gasteiger partial charge in [0.15, 0.2) is 0 Å². The maximum Gasteiger partial charge on any atom is 0.223 e. The highest BCUT2D eigenvalue weighted by atomic mass is 17.1. The van der Waals surface area contributed by atoms with Gasteiger partial charge in [-0.2, -0.15) is 0 Å². The van der Waals surface area contributed by atoms with Gasteiger partial charge in [0.1, 0.15) is 18.5 Å². The van der Waals surface area contributed by atoms with Crippen molar-refractivity contribution in [1.29, 1.82) is 0 Å². The van der Waals surface area contributed by atoms with E-state index in [1.807, 2.05) is 39.0 Å². The summed E-state index contributed by atoms with van der Waals surface area (Å²) in [5.41, 5.74) is 0.730. The number of hydrogen-bond donors (Lipinski definition) is 3. The van der Waals surface area contributed by atoms with Gasteiger partial charge < -0.3 is 14.7 Å². The fourth-order valence-electron chi connectivity index (χ4n) is 3.89. The Morgan fingerprint density at radius 1 is 1.20 bits per heavy atom. The van der Waals surface area contributed by atoms with Crippen LogP contribution in [-0.2, 0) is 9.63 Å². The predicted octanol–water partition coefficient (Wildman–Crippen LogP) is 3.50. The number of β-amino-alcohol motifs (C(OH)–C–C–N with tert-alkyl or cyclic N) is 1. The lowest BCUT2D eigenvalue weighted by Gasteiger charge is -2.37. The molecule has 0 unspecified atom stereocenters. The van der Waals surface area contributed by atoms with Gasteiger partial charge in [0.2, 0.25) is 5.91 Å². The first-order valence-electron chi connectivity index (χ1n) is 10.7. The number of aliphatic hydroxyl groups excluding tert-OH is 1. The number of hydrogen-bond acceptors (Lipinski definition) is 7. The minimum Gasteiger partial charge on any atom is -0.491 e. The lowest BCUT2D eigenvalue weighted by molar-refractivity contribution is -0.492. The monoisotopic (exact) mass is 424 g/mol. The second kappa shape index (κ2) is 11.6. The van der Waals surface area contributed by atoms with Gasteiger partial charge in [0.25, 0.3) is 0 Å². The first kappa shape index (κ1) is 24.6. The number of amides is 1. The fourth-order valence-corrected chi connectivity index (χ4v) is 3.89. The summed E-state index contributed by atoms with van der Waals surface area (Å²) in [6, 6.07) is 8.00. The molecule has 0 aliphatic heterocycles. The standard InChI is InChI=1S/C22H36N2O6/c1-22(2,3)23(21(26)13-8-14-30-24(27)28)15-18(25)16-29-20-12-7-6-11-19(20)17-9-4-5-10-17/h6-7,11-12,17-18,25,27-28H,4-5,8-10,13-16H2,1-3H3/t18-/m0/s1. The van der Waals surface area contributed by atoms with Gasteiger partial charge in [0.05, 0.1) is 18.5 Å². The molecule has 0 bridgehead atoms. The van der Waals surface area contributed by atoms with Crippen LogP contribution in [0.25, 0.3) is 0 Å². The largest absolute Gasteiger partial charge is 0.491 e. The van der Waals surface area contributed by atoms with Gasteiger partial charge in [0, 0.05) is 12.0 Å². The summed E-state index contributed by atoms with van der Waals surface area (Å²) in [7, 11) is 0. The quantitative estimate of drug-likeness (QED) is 0.369. The van der Waals surface area contributed by atoms with Crippen molar-refractivity contribution >= 4 is 5.91 Å². The molecule has 1 amide bonds. The van der Waals surface area contributed by atoms with Crippen molar-refractivity contribution in [2.45, 2.75) is 76.9 Å². The summed E-state index contributed by atoms with van der Waals surface area (Å²) >= 11 is 0. The normalized spacial score (nSPS) is 16.1. The number of nitrogens with zero attached hydrogens (tertiary/aromatic N) is 2. The molecule has 1 aliphatic rings. The highest BCUT2D eigenvalue weighted by Crippen LogP contribution is 2.38. The Morgan fingerprint density at radius 2 is 1.87 bits per heavy atom. The molecule has 0 spiro atoms. The number of aliphatic hydroxyl groups is 1. The van der Waals surface area contributed by atoms with Crippen LogP contribution in [0.3, 0.4) is 0 Å². The van der Waals surface area contributed by atoms with Crippen molar-refractivity contribution in [3.8, 4) is 5.75 Å². The van der Waals surface area contributed by atoms with Crippen molar-refractivity contribution in [1.82, 2.24) is 10.3 Å². The van der Waals surface area contributed by atoms with Crippen molar-refractivity contribution in [3.05, 3.63) is 29.8 Å². The Kier molecular flexibility index (Phi) is 9.51. The molecule has 1 aromatic rings. The molecule has 0 aromatic heterocycles. The fraction of sp³-hybridized carbons (Fsp3) is 0.682. The summed E-state index contributed by atoms with van der Waals surface area (Å²) in [4.78, 5) is 18.8. The first-order valence-corrected chi connectivity index (χ1v) is 10.7. The summed E-state index contributed by atoms with van der Waals surface area (Å²) in [6.07, 6.45) is 4.49. The van der Waals surface area contributed by atoms with E-state index in [2.05, 4.69) is 10.9 Å². The Labute approximate surface area is 178 Å². The van der Waals surface area contributed by atoms with Crippen LogP contribution in [0.15, 0.2) is 24.3 Å². The zero-order valence-corrected chi connectivity index (χ0v) is 18.3.